The highest BCUT2D eigenvalue weighted by Gasteiger charge is 2.77. The van der Waals surface area contributed by atoms with E-state index >= 15 is 0 Å². The molecule has 33 heavy (non-hydrogen) atoms. The van der Waals surface area contributed by atoms with Gasteiger partial charge >= 0.3 is 0 Å². The molecule has 0 saturated heterocycles. The van der Waals surface area contributed by atoms with E-state index in [-0.39, 0.29) is 17.4 Å². The van der Waals surface area contributed by atoms with E-state index < -0.39 is 21.2 Å². The van der Waals surface area contributed by atoms with E-state index in [9.17, 15) is 19.7 Å². The molecule has 1 heterocycles. The van der Waals surface area contributed by atoms with E-state index in [0.29, 0.717) is 30.8 Å². The first-order valence-corrected chi connectivity index (χ1v) is 11.2. The Morgan fingerprint density at radius 3 is 2.48 bits per heavy atom. The molecule has 8 nitrogen and oxygen atoms in total. The summed E-state index contributed by atoms with van der Waals surface area (Å²) < 4.78 is 0. The first kappa shape index (κ1) is 21.3. The van der Waals surface area contributed by atoms with Crippen LogP contribution in [0, 0.1) is 26.4 Å². The summed E-state index contributed by atoms with van der Waals surface area (Å²) in [4.78, 5) is 40.1. The van der Waals surface area contributed by atoms with Crippen LogP contribution in [0.3, 0.4) is 0 Å². The number of nitrogens with zero attached hydrogens (tertiary/aromatic N) is 3. The minimum atomic E-state index is -1.16. The van der Waals surface area contributed by atoms with Crippen LogP contribution < -0.4 is 10.3 Å². The Morgan fingerprint density at radius 1 is 1.09 bits per heavy atom. The number of rotatable bonds is 4. The molecule has 2 saturated carbocycles. The molecule has 8 heteroatoms. The Bertz CT molecular complexity index is 1220. The number of nitrogens with one attached hydrogen (secondary N) is 1. The number of amides is 1. The second kappa shape index (κ2) is 6.97. The number of Topliss-reactive ketones (excluding diaryl/α,β-unsaturated/α-hetero) is 1. The topological polar surface area (TPSA) is 105 Å². The lowest BCUT2D eigenvalue weighted by molar-refractivity contribution is -0.384. The van der Waals surface area contributed by atoms with Gasteiger partial charge in [0.2, 0.25) is 5.91 Å². The zero-order valence-electron chi connectivity index (χ0n) is 18.9. The Kier molecular flexibility index (Phi) is 4.50. The number of hydrazone groups is 1. The molecule has 2 bridgehead atoms. The average molecular weight is 447 g/mol. The molecule has 2 fully saturated rings. The van der Waals surface area contributed by atoms with Gasteiger partial charge in [0.05, 0.1) is 10.6 Å². The first-order chi connectivity index (χ1) is 15.6. The van der Waals surface area contributed by atoms with Gasteiger partial charge in [0.15, 0.2) is 5.78 Å². The number of ketones is 1. The van der Waals surface area contributed by atoms with Gasteiger partial charge in [0.25, 0.3) is 5.69 Å². The maximum atomic E-state index is 14.0. The molecule has 2 aromatic rings. The zero-order chi connectivity index (χ0) is 23.6. The fourth-order valence-corrected chi connectivity index (χ4v) is 6.00. The predicted octanol–water partition coefficient (Wildman–Crippen LogP) is 4.35. The molecular formula is C25H26N4O4. The minimum Gasteiger partial charge on any atom is -0.311 e. The fraction of sp³-hybridized carbons (Fsp3) is 0.400. The third-order valence-electron chi connectivity index (χ3n) is 8.44. The highest BCUT2D eigenvalue weighted by Crippen LogP contribution is 2.70. The second-order valence-corrected chi connectivity index (χ2v) is 9.90. The molecular weight excluding hydrogens is 420 g/mol. The summed E-state index contributed by atoms with van der Waals surface area (Å²) in [5.74, 6) is -0.350. The Hall–Kier alpha value is -3.55. The van der Waals surface area contributed by atoms with Crippen LogP contribution in [0.25, 0.3) is 0 Å². The van der Waals surface area contributed by atoms with Gasteiger partial charge in [-0.15, -0.1) is 0 Å². The smallest absolute Gasteiger partial charge is 0.269 e. The van der Waals surface area contributed by atoms with E-state index in [1.54, 1.807) is 17.0 Å². The van der Waals surface area contributed by atoms with Gasteiger partial charge in [-0.1, -0.05) is 39.0 Å². The van der Waals surface area contributed by atoms with Crippen LogP contribution in [-0.4, -0.2) is 28.9 Å². The van der Waals surface area contributed by atoms with Gasteiger partial charge in [-0.2, -0.15) is 5.10 Å². The summed E-state index contributed by atoms with van der Waals surface area (Å²) in [5, 5.41) is 15.4. The molecule has 2 unspecified atom stereocenters. The Balaban J connectivity index is 1.50. The summed E-state index contributed by atoms with van der Waals surface area (Å²) in [6.07, 6.45) is 1.98. The van der Waals surface area contributed by atoms with Crippen LogP contribution in [0.5, 0.6) is 0 Å². The van der Waals surface area contributed by atoms with Crippen LogP contribution in [0.2, 0.25) is 0 Å². The number of carbonyl (C=O) groups excluding carboxylic acids is 2. The number of carbonyl (C=O) groups is 2. The number of hydrogen-bond acceptors (Lipinski definition) is 6. The monoisotopic (exact) mass is 446 g/mol. The molecule has 5 rings (SSSR count). The first-order valence-electron chi connectivity index (χ1n) is 11.2. The summed E-state index contributed by atoms with van der Waals surface area (Å²) >= 11 is 0. The van der Waals surface area contributed by atoms with Crippen molar-refractivity contribution in [3.05, 3.63) is 64.2 Å². The molecule has 3 aliphatic rings. The SMILES string of the molecule is CC12CCC(C(=O)N3CCc4ccccc43)(C(=O)C1=NNc1ccc([N+](=O)[O-])cc1)C2(C)C. The maximum Gasteiger partial charge on any atom is 0.269 e. The largest absolute Gasteiger partial charge is 0.311 e. The van der Waals surface area contributed by atoms with Gasteiger partial charge in [0, 0.05) is 29.8 Å². The number of hydrogen-bond donors (Lipinski definition) is 1. The third kappa shape index (κ3) is 2.66. The van der Waals surface area contributed by atoms with Crippen molar-refractivity contribution in [3.63, 3.8) is 0 Å². The lowest BCUT2D eigenvalue weighted by Crippen LogP contribution is -2.52. The van der Waals surface area contributed by atoms with Crippen molar-refractivity contribution in [1.29, 1.82) is 0 Å². The molecule has 0 aromatic heterocycles. The van der Waals surface area contributed by atoms with Crippen LogP contribution >= 0.6 is 0 Å². The van der Waals surface area contributed by atoms with Gasteiger partial charge in [-0.3, -0.25) is 25.1 Å². The summed E-state index contributed by atoms with van der Waals surface area (Å²) in [7, 11) is 0. The molecule has 2 atom stereocenters. The van der Waals surface area contributed by atoms with Crippen molar-refractivity contribution in [2.75, 3.05) is 16.9 Å². The van der Waals surface area contributed by atoms with Gasteiger partial charge < -0.3 is 4.90 Å². The van der Waals surface area contributed by atoms with E-state index in [4.69, 9.17) is 0 Å². The molecule has 0 spiro atoms. The second-order valence-electron chi connectivity index (χ2n) is 9.90. The number of anilines is 2. The van der Waals surface area contributed by atoms with Crippen LogP contribution in [0.15, 0.2) is 53.6 Å². The predicted molar refractivity (Wildman–Crippen MR) is 125 cm³/mol. The van der Waals surface area contributed by atoms with Crippen molar-refractivity contribution in [3.8, 4) is 0 Å². The summed E-state index contributed by atoms with van der Waals surface area (Å²) in [5.41, 5.74) is 3.47. The van der Waals surface area contributed by atoms with Gasteiger partial charge in [-0.05, 0) is 48.4 Å². The minimum absolute atomic E-state index is 0.0206. The number of fused-ring (bicyclic) bond motifs is 3. The number of nitro benzene ring substituents is 1. The zero-order valence-corrected chi connectivity index (χ0v) is 18.9. The summed E-state index contributed by atoms with van der Waals surface area (Å²) in [6.45, 7) is 6.60. The average Bonchev–Trinajstić information content (AvgIpc) is 3.35. The van der Waals surface area contributed by atoms with E-state index in [2.05, 4.69) is 10.5 Å². The number of benzene rings is 2. The maximum absolute atomic E-state index is 14.0. The van der Waals surface area contributed by atoms with Crippen molar-refractivity contribution in [1.82, 2.24) is 0 Å². The number of non-ortho nitro benzene ring substituents is 1. The third-order valence-corrected chi connectivity index (χ3v) is 8.44. The van der Waals surface area contributed by atoms with Crippen molar-refractivity contribution in [2.24, 2.45) is 21.3 Å². The molecule has 1 N–H and O–H groups in total. The van der Waals surface area contributed by atoms with Gasteiger partial charge in [0.1, 0.15) is 11.1 Å². The molecule has 2 aromatic carbocycles. The quantitative estimate of drug-likeness (QED) is 0.427. The standard InChI is InChI=1S/C25H26N4O4/c1-23(2)24(3)13-14-25(23,22(31)28-15-12-16-6-4-5-7-19(16)28)21(30)20(24)27-26-17-8-10-18(11-9-17)29(32)33/h4-11,26H,12-15H2,1-3H3. The lowest BCUT2D eigenvalue weighted by Gasteiger charge is -2.39. The Morgan fingerprint density at radius 2 is 1.79 bits per heavy atom. The summed E-state index contributed by atoms with van der Waals surface area (Å²) in [6, 6.07) is 13.7. The highest BCUT2D eigenvalue weighted by molar-refractivity contribution is 6.51. The van der Waals surface area contributed by atoms with Crippen molar-refractivity contribution < 1.29 is 14.5 Å². The van der Waals surface area contributed by atoms with Gasteiger partial charge in [-0.25, -0.2) is 0 Å². The Labute approximate surface area is 191 Å². The van der Waals surface area contributed by atoms with E-state index in [1.165, 1.54) is 12.1 Å². The fourth-order valence-electron chi connectivity index (χ4n) is 6.00. The molecule has 0 radical (unpaired) electrons. The molecule has 170 valence electrons. The number of nitro groups is 1. The van der Waals surface area contributed by atoms with Crippen LogP contribution in [0.1, 0.15) is 39.2 Å². The van der Waals surface area contributed by atoms with E-state index in [1.807, 2.05) is 45.0 Å². The molecule has 1 aliphatic heterocycles. The van der Waals surface area contributed by atoms with Crippen molar-refractivity contribution in [2.45, 2.75) is 40.0 Å². The molecule has 1 amide bonds. The number of para-hydroxylation sites is 1. The van der Waals surface area contributed by atoms with Crippen molar-refractivity contribution >= 4 is 34.5 Å². The molecule has 2 aliphatic carbocycles. The van der Waals surface area contributed by atoms with Crippen LogP contribution in [-0.2, 0) is 16.0 Å². The van der Waals surface area contributed by atoms with E-state index in [0.717, 1.165) is 17.7 Å². The lowest BCUT2D eigenvalue weighted by atomic mass is 9.64. The normalized spacial score (nSPS) is 28.3. The van der Waals surface area contributed by atoms with Crippen LogP contribution in [0.4, 0.5) is 17.1 Å². The highest BCUT2D eigenvalue weighted by atomic mass is 16.6.